The molecule has 4 rings (SSSR count). The molecule has 0 saturated heterocycles. The van der Waals surface area contributed by atoms with Gasteiger partial charge in [-0.25, -0.2) is 4.98 Å². The quantitative estimate of drug-likeness (QED) is 0.786. The van der Waals surface area contributed by atoms with Crippen LogP contribution in [0, 0.1) is 0 Å². The molecule has 5 heteroatoms. The third kappa shape index (κ3) is 2.28. The fourth-order valence-electron chi connectivity index (χ4n) is 4.08. The Morgan fingerprint density at radius 1 is 1.17 bits per heavy atom. The van der Waals surface area contributed by atoms with Crippen LogP contribution in [0.2, 0.25) is 5.15 Å². The summed E-state index contributed by atoms with van der Waals surface area (Å²) in [6, 6.07) is 11.7. The summed E-state index contributed by atoms with van der Waals surface area (Å²) in [7, 11) is 1.65. The minimum atomic E-state index is -0.218. The number of rotatable bonds is 3. The first kappa shape index (κ1) is 15.5. The van der Waals surface area contributed by atoms with Crippen molar-refractivity contribution < 1.29 is 9.53 Å². The predicted octanol–water partition coefficient (Wildman–Crippen LogP) is 4.17. The van der Waals surface area contributed by atoms with Crippen LogP contribution in [0.1, 0.15) is 47.3 Å². The Bertz CT molecular complexity index is 782. The summed E-state index contributed by atoms with van der Waals surface area (Å²) in [5.41, 5.74) is 2.44. The Labute approximate surface area is 146 Å². The van der Waals surface area contributed by atoms with Gasteiger partial charge in [-0.1, -0.05) is 42.6 Å². The zero-order chi connectivity index (χ0) is 16.7. The fourth-order valence-corrected chi connectivity index (χ4v) is 4.22. The van der Waals surface area contributed by atoms with Crippen LogP contribution < -0.4 is 4.74 Å². The van der Waals surface area contributed by atoms with Gasteiger partial charge in [0, 0.05) is 12.1 Å². The highest BCUT2D eigenvalue weighted by atomic mass is 35.5. The molecule has 1 fully saturated rings. The molecule has 1 aromatic heterocycles. The standard InChI is InChI=1S/C19H19ClN2O2/c1-24-14-6-4-13(5-7-14)12-22-18(23)17-15(8-9-16(20)21-17)19(22)10-2-3-11-19/h4-9H,2-3,10-12H2,1H3. The lowest BCUT2D eigenvalue weighted by molar-refractivity contribution is 0.0526. The van der Waals surface area contributed by atoms with Crippen molar-refractivity contribution >= 4 is 17.5 Å². The summed E-state index contributed by atoms with van der Waals surface area (Å²) in [5, 5.41) is 0.376. The molecule has 1 spiro atoms. The number of carbonyl (C=O) groups is 1. The molecule has 2 heterocycles. The molecule has 0 radical (unpaired) electrons. The number of hydrogen-bond donors (Lipinski definition) is 0. The van der Waals surface area contributed by atoms with E-state index < -0.39 is 0 Å². The van der Waals surface area contributed by atoms with Crippen molar-refractivity contribution in [1.82, 2.24) is 9.88 Å². The van der Waals surface area contributed by atoms with Crippen LogP contribution in [0.25, 0.3) is 0 Å². The number of amides is 1. The zero-order valence-electron chi connectivity index (χ0n) is 13.6. The third-order valence-electron chi connectivity index (χ3n) is 5.26. The van der Waals surface area contributed by atoms with E-state index >= 15 is 0 Å². The van der Waals surface area contributed by atoms with E-state index in [4.69, 9.17) is 16.3 Å². The number of benzene rings is 1. The largest absolute Gasteiger partial charge is 0.497 e. The predicted molar refractivity (Wildman–Crippen MR) is 92.3 cm³/mol. The van der Waals surface area contributed by atoms with Crippen LogP contribution in [0.5, 0.6) is 5.75 Å². The van der Waals surface area contributed by atoms with Crippen molar-refractivity contribution in [3.05, 3.63) is 58.4 Å². The molecule has 2 aromatic rings. The first-order valence-corrected chi connectivity index (χ1v) is 8.64. The summed E-state index contributed by atoms with van der Waals surface area (Å²) < 4.78 is 5.21. The van der Waals surface area contributed by atoms with Crippen LogP contribution >= 0.6 is 11.6 Å². The number of methoxy groups -OCH3 is 1. The van der Waals surface area contributed by atoms with E-state index in [-0.39, 0.29) is 11.4 Å². The van der Waals surface area contributed by atoms with Crippen molar-refractivity contribution in [1.29, 1.82) is 0 Å². The molecule has 0 bridgehead atoms. The Hall–Kier alpha value is -2.07. The van der Waals surface area contributed by atoms with E-state index in [0.29, 0.717) is 17.4 Å². The van der Waals surface area contributed by atoms with Crippen molar-refractivity contribution in [3.63, 3.8) is 0 Å². The van der Waals surface area contributed by atoms with Crippen LogP contribution in [0.15, 0.2) is 36.4 Å². The van der Waals surface area contributed by atoms with Crippen LogP contribution in [0.3, 0.4) is 0 Å². The van der Waals surface area contributed by atoms with E-state index in [1.165, 1.54) is 0 Å². The summed E-state index contributed by atoms with van der Waals surface area (Å²) in [4.78, 5) is 19.3. The van der Waals surface area contributed by atoms with Gasteiger partial charge >= 0.3 is 0 Å². The number of carbonyl (C=O) groups excluding carboxylic acids is 1. The molecule has 24 heavy (non-hydrogen) atoms. The fraction of sp³-hybridized carbons (Fsp3) is 0.368. The molecule has 124 valence electrons. The van der Waals surface area contributed by atoms with Gasteiger partial charge in [-0.3, -0.25) is 4.79 Å². The minimum Gasteiger partial charge on any atom is -0.497 e. The van der Waals surface area contributed by atoms with Gasteiger partial charge in [-0.15, -0.1) is 0 Å². The molecular formula is C19H19ClN2O2. The highest BCUT2D eigenvalue weighted by Gasteiger charge is 2.51. The highest BCUT2D eigenvalue weighted by molar-refractivity contribution is 6.29. The highest BCUT2D eigenvalue weighted by Crippen LogP contribution is 2.50. The Balaban J connectivity index is 1.72. The van der Waals surface area contributed by atoms with E-state index in [1.807, 2.05) is 35.2 Å². The summed E-state index contributed by atoms with van der Waals surface area (Å²) in [5.74, 6) is 0.809. The van der Waals surface area contributed by atoms with Gasteiger partial charge in [0.25, 0.3) is 5.91 Å². The number of hydrogen-bond acceptors (Lipinski definition) is 3. The van der Waals surface area contributed by atoms with Crippen molar-refractivity contribution in [2.75, 3.05) is 7.11 Å². The van der Waals surface area contributed by atoms with E-state index in [2.05, 4.69) is 4.98 Å². The maximum atomic E-state index is 13.0. The van der Waals surface area contributed by atoms with Gasteiger partial charge in [-0.2, -0.15) is 0 Å². The monoisotopic (exact) mass is 342 g/mol. The normalized spacial score (nSPS) is 18.2. The Kier molecular flexibility index (Phi) is 3.72. The minimum absolute atomic E-state index is 0.00906. The molecule has 1 amide bonds. The van der Waals surface area contributed by atoms with E-state index in [0.717, 1.165) is 42.6 Å². The molecule has 0 unspecified atom stereocenters. The number of pyridine rings is 1. The first-order valence-electron chi connectivity index (χ1n) is 8.26. The molecule has 1 saturated carbocycles. The van der Waals surface area contributed by atoms with Crippen LogP contribution in [-0.4, -0.2) is 22.9 Å². The van der Waals surface area contributed by atoms with E-state index in [1.54, 1.807) is 13.2 Å². The maximum Gasteiger partial charge on any atom is 0.273 e. The first-order chi connectivity index (χ1) is 11.6. The van der Waals surface area contributed by atoms with Crippen molar-refractivity contribution in [3.8, 4) is 5.75 Å². The second kappa shape index (κ2) is 5.78. The number of ether oxygens (including phenoxy) is 1. The van der Waals surface area contributed by atoms with Gasteiger partial charge in [0.2, 0.25) is 0 Å². The molecule has 1 aliphatic carbocycles. The molecule has 4 nitrogen and oxygen atoms in total. The van der Waals surface area contributed by atoms with E-state index in [9.17, 15) is 4.79 Å². The lowest BCUT2D eigenvalue weighted by atomic mass is 9.89. The topological polar surface area (TPSA) is 42.4 Å². The second-order valence-electron chi connectivity index (χ2n) is 6.51. The second-order valence-corrected chi connectivity index (χ2v) is 6.90. The number of fused-ring (bicyclic) bond motifs is 2. The third-order valence-corrected chi connectivity index (χ3v) is 5.47. The summed E-state index contributed by atoms with van der Waals surface area (Å²) in [6.45, 7) is 0.580. The number of halogens is 1. The lowest BCUT2D eigenvalue weighted by Gasteiger charge is -2.36. The smallest absolute Gasteiger partial charge is 0.273 e. The van der Waals surface area contributed by atoms with Gasteiger partial charge in [0.1, 0.15) is 16.6 Å². The summed E-state index contributed by atoms with van der Waals surface area (Å²) in [6.07, 6.45) is 4.25. The molecule has 0 N–H and O–H groups in total. The molecular weight excluding hydrogens is 324 g/mol. The van der Waals surface area contributed by atoms with Crippen LogP contribution in [-0.2, 0) is 12.1 Å². The van der Waals surface area contributed by atoms with Crippen molar-refractivity contribution in [2.45, 2.75) is 37.8 Å². The van der Waals surface area contributed by atoms with Gasteiger partial charge in [0.15, 0.2) is 0 Å². The van der Waals surface area contributed by atoms with Crippen molar-refractivity contribution in [2.24, 2.45) is 0 Å². The molecule has 1 aromatic carbocycles. The average molecular weight is 343 g/mol. The average Bonchev–Trinajstić information content (AvgIpc) is 3.17. The maximum absolute atomic E-state index is 13.0. The SMILES string of the molecule is COc1ccc(CN2C(=O)c3nc(Cl)ccc3C23CCCC3)cc1. The Morgan fingerprint density at radius 3 is 2.54 bits per heavy atom. The summed E-state index contributed by atoms with van der Waals surface area (Å²) >= 11 is 6.03. The molecule has 1 aliphatic heterocycles. The van der Waals surface area contributed by atoms with Gasteiger partial charge < -0.3 is 9.64 Å². The number of aromatic nitrogens is 1. The lowest BCUT2D eigenvalue weighted by Crippen LogP contribution is -2.41. The zero-order valence-corrected chi connectivity index (χ0v) is 14.3. The molecule has 0 atom stereocenters. The Morgan fingerprint density at radius 2 is 1.88 bits per heavy atom. The number of nitrogens with zero attached hydrogens (tertiary/aromatic N) is 2. The molecule has 2 aliphatic rings. The van der Waals surface area contributed by atoms with Gasteiger partial charge in [-0.05, 0) is 36.6 Å². The van der Waals surface area contributed by atoms with Gasteiger partial charge in [0.05, 0.1) is 12.6 Å². The van der Waals surface area contributed by atoms with Crippen LogP contribution in [0.4, 0.5) is 0 Å².